The Hall–Kier alpha value is -1.55. The Morgan fingerprint density at radius 1 is 1.36 bits per heavy atom. The molecule has 0 heterocycles. The Kier molecular flexibility index (Phi) is 5.46. The third kappa shape index (κ3) is 4.23. The molecule has 2 amide bonds. The first-order valence-corrected chi connectivity index (χ1v) is 8.16. The van der Waals surface area contributed by atoms with E-state index >= 15 is 0 Å². The molecule has 0 bridgehead atoms. The molecule has 0 aromatic heterocycles. The van der Waals surface area contributed by atoms with Gasteiger partial charge in [-0.15, -0.1) is 0 Å². The zero-order valence-electron chi connectivity index (χ0n) is 13.9. The van der Waals surface area contributed by atoms with Gasteiger partial charge in [0.25, 0.3) is 0 Å². The van der Waals surface area contributed by atoms with E-state index in [1.807, 2.05) is 19.9 Å². The molecule has 0 saturated carbocycles. The van der Waals surface area contributed by atoms with E-state index in [4.69, 9.17) is 0 Å². The van der Waals surface area contributed by atoms with Gasteiger partial charge < -0.3 is 15.7 Å². The van der Waals surface area contributed by atoms with Crippen molar-refractivity contribution in [1.82, 2.24) is 10.6 Å². The summed E-state index contributed by atoms with van der Waals surface area (Å²) >= 11 is 0. The number of nitrogens with one attached hydrogen (secondary N) is 2. The monoisotopic (exact) mass is 304 g/mol. The molecule has 0 saturated heterocycles. The number of carbonyl (C=O) groups excluding carboxylic acids is 1. The molecule has 1 aromatic carbocycles. The fraction of sp³-hybridized carbons (Fsp3) is 0.611. The van der Waals surface area contributed by atoms with Crippen molar-refractivity contribution < 1.29 is 9.90 Å². The zero-order chi connectivity index (χ0) is 16.2. The van der Waals surface area contributed by atoms with Gasteiger partial charge in [0.15, 0.2) is 0 Å². The molecular weight excluding hydrogens is 276 g/mol. The van der Waals surface area contributed by atoms with Crippen molar-refractivity contribution in [3.8, 4) is 0 Å². The van der Waals surface area contributed by atoms with Crippen molar-refractivity contribution in [2.45, 2.75) is 46.1 Å². The lowest BCUT2D eigenvalue weighted by molar-refractivity contribution is 0.148. The highest BCUT2D eigenvalue weighted by Gasteiger charge is 2.30. The Morgan fingerprint density at radius 2 is 2.09 bits per heavy atom. The Balaban J connectivity index is 1.78. The van der Waals surface area contributed by atoms with Gasteiger partial charge in [-0.05, 0) is 41.7 Å². The molecular formula is C18H28N2O2. The largest absolute Gasteiger partial charge is 0.396 e. The number of urea groups is 1. The van der Waals surface area contributed by atoms with Crippen molar-refractivity contribution in [2.75, 3.05) is 13.2 Å². The van der Waals surface area contributed by atoms with Gasteiger partial charge in [-0.2, -0.15) is 0 Å². The summed E-state index contributed by atoms with van der Waals surface area (Å²) < 4.78 is 0. The molecule has 2 atom stereocenters. The predicted octanol–water partition coefficient (Wildman–Crippen LogP) is 3.02. The second kappa shape index (κ2) is 7.14. The minimum absolute atomic E-state index is 0.0724. The first-order chi connectivity index (χ1) is 10.4. The first-order valence-electron chi connectivity index (χ1n) is 8.16. The molecule has 22 heavy (non-hydrogen) atoms. The highest BCUT2D eigenvalue weighted by atomic mass is 16.3. The van der Waals surface area contributed by atoms with Gasteiger partial charge in [-0.25, -0.2) is 4.79 Å². The summed E-state index contributed by atoms with van der Waals surface area (Å²) in [6.45, 7) is 7.05. The molecule has 0 fully saturated rings. The summed E-state index contributed by atoms with van der Waals surface area (Å²) in [5, 5.41) is 15.2. The van der Waals surface area contributed by atoms with Crippen LogP contribution in [0.25, 0.3) is 0 Å². The molecule has 3 N–H and O–H groups in total. The van der Waals surface area contributed by atoms with Crippen LogP contribution in [0.5, 0.6) is 0 Å². The standard InChI is InChI=1S/C18H28N2O2/c1-13-11-14-7-4-5-8-15(14)16(13)20-17(22)19-10-6-9-18(2,3)12-21/h4-5,7-8,13,16,21H,6,9-12H2,1-3H3,(H2,19,20,22). The summed E-state index contributed by atoms with van der Waals surface area (Å²) in [4.78, 5) is 12.1. The topological polar surface area (TPSA) is 61.4 Å². The van der Waals surface area contributed by atoms with Crippen molar-refractivity contribution in [3.63, 3.8) is 0 Å². The predicted molar refractivity (Wildman–Crippen MR) is 88.7 cm³/mol. The Labute approximate surface area is 133 Å². The van der Waals surface area contributed by atoms with E-state index in [0.717, 1.165) is 19.3 Å². The molecule has 1 aliphatic carbocycles. The minimum atomic E-state index is -0.102. The van der Waals surface area contributed by atoms with Gasteiger partial charge in [0.05, 0.1) is 6.04 Å². The normalized spacial score (nSPS) is 20.5. The van der Waals surface area contributed by atoms with E-state index in [1.54, 1.807) is 0 Å². The third-order valence-electron chi connectivity index (χ3n) is 4.53. The van der Waals surface area contributed by atoms with Crippen LogP contribution < -0.4 is 10.6 Å². The van der Waals surface area contributed by atoms with E-state index in [1.165, 1.54) is 11.1 Å². The van der Waals surface area contributed by atoms with Crippen LogP contribution in [0.15, 0.2) is 24.3 Å². The van der Waals surface area contributed by atoms with Gasteiger partial charge in [0.1, 0.15) is 0 Å². The van der Waals surface area contributed by atoms with Crippen molar-refractivity contribution in [1.29, 1.82) is 0 Å². The summed E-state index contributed by atoms with van der Waals surface area (Å²) in [5.74, 6) is 0.427. The molecule has 122 valence electrons. The number of aliphatic hydroxyl groups is 1. The van der Waals surface area contributed by atoms with Crippen LogP contribution in [-0.2, 0) is 6.42 Å². The quantitative estimate of drug-likeness (QED) is 0.707. The van der Waals surface area contributed by atoms with Crippen LogP contribution in [-0.4, -0.2) is 24.3 Å². The lowest BCUT2D eigenvalue weighted by atomic mass is 9.89. The Bertz CT molecular complexity index is 514. The average Bonchev–Trinajstić information content (AvgIpc) is 2.80. The number of carbonyl (C=O) groups is 1. The molecule has 0 aliphatic heterocycles. The number of aliphatic hydroxyl groups excluding tert-OH is 1. The fourth-order valence-electron chi connectivity index (χ4n) is 3.05. The number of amides is 2. The number of fused-ring (bicyclic) bond motifs is 1. The molecule has 0 radical (unpaired) electrons. The maximum absolute atomic E-state index is 12.1. The molecule has 4 nitrogen and oxygen atoms in total. The molecule has 0 spiro atoms. The van der Waals surface area contributed by atoms with Crippen LogP contribution in [0.2, 0.25) is 0 Å². The second-order valence-electron chi connectivity index (χ2n) is 7.18. The highest BCUT2D eigenvalue weighted by molar-refractivity contribution is 5.74. The molecule has 1 aliphatic rings. The van der Waals surface area contributed by atoms with E-state index in [-0.39, 0.29) is 24.1 Å². The molecule has 2 unspecified atom stereocenters. The van der Waals surface area contributed by atoms with E-state index in [2.05, 4.69) is 35.8 Å². The fourth-order valence-corrected chi connectivity index (χ4v) is 3.05. The summed E-state index contributed by atoms with van der Waals surface area (Å²) in [5.41, 5.74) is 2.51. The lowest BCUT2D eigenvalue weighted by Crippen LogP contribution is -2.39. The number of hydrogen-bond acceptors (Lipinski definition) is 2. The summed E-state index contributed by atoms with van der Waals surface area (Å²) in [6.07, 6.45) is 2.79. The van der Waals surface area contributed by atoms with Crippen molar-refractivity contribution in [2.24, 2.45) is 11.3 Å². The lowest BCUT2D eigenvalue weighted by Gasteiger charge is -2.22. The van der Waals surface area contributed by atoms with Gasteiger partial charge in [-0.3, -0.25) is 0 Å². The molecule has 2 rings (SSSR count). The van der Waals surface area contributed by atoms with E-state index in [9.17, 15) is 9.90 Å². The number of rotatable bonds is 6. The summed E-state index contributed by atoms with van der Waals surface area (Å²) in [7, 11) is 0. The van der Waals surface area contributed by atoms with Gasteiger partial charge >= 0.3 is 6.03 Å². The minimum Gasteiger partial charge on any atom is -0.396 e. The van der Waals surface area contributed by atoms with Crippen LogP contribution in [0.1, 0.15) is 50.8 Å². The van der Waals surface area contributed by atoms with E-state index in [0.29, 0.717) is 12.5 Å². The third-order valence-corrected chi connectivity index (χ3v) is 4.53. The second-order valence-corrected chi connectivity index (χ2v) is 7.18. The highest BCUT2D eigenvalue weighted by Crippen LogP contribution is 2.35. The van der Waals surface area contributed by atoms with Crippen LogP contribution in [0, 0.1) is 11.3 Å². The first kappa shape index (κ1) is 16.8. The zero-order valence-corrected chi connectivity index (χ0v) is 13.9. The maximum atomic E-state index is 12.1. The average molecular weight is 304 g/mol. The van der Waals surface area contributed by atoms with Gasteiger partial charge in [0, 0.05) is 13.2 Å². The maximum Gasteiger partial charge on any atom is 0.315 e. The van der Waals surface area contributed by atoms with Gasteiger partial charge in [-0.1, -0.05) is 45.0 Å². The van der Waals surface area contributed by atoms with Crippen molar-refractivity contribution in [3.05, 3.63) is 35.4 Å². The van der Waals surface area contributed by atoms with Crippen molar-refractivity contribution >= 4 is 6.03 Å². The smallest absolute Gasteiger partial charge is 0.315 e. The number of hydrogen-bond donors (Lipinski definition) is 3. The molecule has 4 heteroatoms. The summed E-state index contributed by atoms with van der Waals surface area (Å²) in [6, 6.07) is 8.33. The number of benzene rings is 1. The van der Waals surface area contributed by atoms with Crippen LogP contribution >= 0.6 is 0 Å². The van der Waals surface area contributed by atoms with Gasteiger partial charge in [0.2, 0.25) is 0 Å². The molecule has 1 aromatic rings. The Morgan fingerprint density at radius 3 is 2.82 bits per heavy atom. The van der Waals surface area contributed by atoms with E-state index < -0.39 is 0 Å². The SMILES string of the molecule is CC1Cc2ccccc2C1NC(=O)NCCCC(C)(C)CO. The van der Waals surface area contributed by atoms with Crippen LogP contribution in [0.3, 0.4) is 0 Å². The van der Waals surface area contributed by atoms with Crippen LogP contribution in [0.4, 0.5) is 4.79 Å².